The number of nitrogens with zero attached hydrogens (tertiary/aromatic N) is 4. The summed E-state index contributed by atoms with van der Waals surface area (Å²) in [6, 6.07) is 7.73. The van der Waals surface area contributed by atoms with Crippen LogP contribution in [0.4, 0.5) is 0 Å². The Morgan fingerprint density at radius 1 is 1.35 bits per heavy atom. The van der Waals surface area contributed by atoms with Gasteiger partial charge in [-0.3, -0.25) is 4.79 Å². The lowest BCUT2D eigenvalue weighted by atomic mass is 10.1. The number of amides is 1. The summed E-state index contributed by atoms with van der Waals surface area (Å²) < 4.78 is 7.71. The zero-order chi connectivity index (χ0) is 18.5. The predicted octanol–water partition coefficient (Wildman–Crippen LogP) is 2.27. The van der Waals surface area contributed by atoms with E-state index in [-0.39, 0.29) is 12.0 Å². The zero-order valence-corrected chi connectivity index (χ0v) is 15.9. The van der Waals surface area contributed by atoms with Crippen molar-refractivity contribution in [2.24, 2.45) is 7.05 Å². The van der Waals surface area contributed by atoms with Crippen molar-refractivity contribution < 1.29 is 9.53 Å². The highest BCUT2D eigenvalue weighted by molar-refractivity contribution is 5.95. The summed E-state index contributed by atoms with van der Waals surface area (Å²) in [5.74, 6) is 0.914. The molecule has 1 aliphatic rings. The molecule has 6 heteroatoms. The van der Waals surface area contributed by atoms with Gasteiger partial charge in [0.15, 0.2) is 0 Å². The molecule has 1 fully saturated rings. The molecule has 1 aliphatic heterocycles. The summed E-state index contributed by atoms with van der Waals surface area (Å²) in [4.78, 5) is 21.6. The van der Waals surface area contributed by atoms with Gasteiger partial charge in [-0.05, 0) is 39.1 Å². The SMILES string of the molecule is CN(C)CCN(CC1CCCO1)C(=O)c1cccc(-c2nccn2C)c1. The highest BCUT2D eigenvalue weighted by Crippen LogP contribution is 2.20. The van der Waals surface area contributed by atoms with Crippen LogP contribution in [0.15, 0.2) is 36.7 Å². The Morgan fingerprint density at radius 2 is 2.19 bits per heavy atom. The van der Waals surface area contributed by atoms with Gasteiger partial charge in [-0.1, -0.05) is 12.1 Å². The summed E-state index contributed by atoms with van der Waals surface area (Å²) in [7, 11) is 6.00. The molecule has 0 spiro atoms. The van der Waals surface area contributed by atoms with Gasteiger partial charge in [-0.15, -0.1) is 0 Å². The zero-order valence-electron chi connectivity index (χ0n) is 15.9. The fourth-order valence-electron chi connectivity index (χ4n) is 3.25. The molecular weight excluding hydrogens is 328 g/mol. The molecule has 1 atom stereocenters. The van der Waals surface area contributed by atoms with Crippen molar-refractivity contribution in [3.05, 3.63) is 42.2 Å². The van der Waals surface area contributed by atoms with Crippen LogP contribution in [0.2, 0.25) is 0 Å². The average Bonchev–Trinajstić information content (AvgIpc) is 3.29. The van der Waals surface area contributed by atoms with Crippen LogP contribution in [-0.4, -0.2) is 71.7 Å². The molecule has 1 unspecified atom stereocenters. The maximum atomic E-state index is 13.2. The molecule has 0 N–H and O–H groups in total. The third kappa shape index (κ3) is 4.51. The van der Waals surface area contributed by atoms with Gasteiger partial charge < -0.3 is 19.1 Å². The van der Waals surface area contributed by atoms with E-state index in [1.54, 1.807) is 6.20 Å². The lowest BCUT2D eigenvalue weighted by Crippen LogP contribution is -2.41. The Hall–Kier alpha value is -2.18. The molecule has 0 aliphatic carbocycles. The smallest absolute Gasteiger partial charge is 0.254 e. The summed E-state index contributed by atoms with van der Waals surface area (Å²) in [6.45, 7) is 2.98. The van der Waals surface area contributed by atoms with Crippen molar-refractivity contribution >= 4 is 5.91 Å². The molecule has 0 saturated carbocycles. The molecule has 1 aromatic heterocycles. The van der Waals surface area contributed by atoms with Gasteiger partial charge in [0.2, 0.25) is 0 Å². The number of carbonyl (C=O) groups excluding carboxylic acids is 1. The highest BCUT2D eigenvalue weighted by Gasteiger charge is 2.23. The van der Waals surface area contributed by atoms with Crippen LogP contribution in [0.25, 0.3) is 11.4 Å². The van der Waals surface area contributed by atoms with Gasteiger partial charge in [-0.2, -0.15) is 0 Å². The van der Waals surface area contributed by atoms with E-state index in [0.29, 0.717) is 18.7 Å². The van der Waals surface area contributed by atoms with E-state index in [1.165, 1.54) is 0 Å². The minimum atomic E-state index is 0.0541. The summed E-state index contributed by atoms with van der Waals surface area (Å²) in [5.41, 5.74) is 1.65. The quantitative estimate of drug-likeness (QED) is 0.764. The first-order chi connectivity index (χ1) is 12.5. The highest BCUT2D eigenvalue weighted by atomic mass is 16.5. The Labute approximate surface area is 155 Å². The predicted molar refractivity (Wildman–Crippen MR) is 102 cm³/mol. The monoisotopic (exact) mass is 356 g/mol. The maximum Gasteiger partial charge on any atom is 0.254 e. The molecule has 1 amide bonds. The largest absolute Gasteiger partial charge is 0.376 e. The minimum absolute atomic E-state index is 0.0541. The number of hydrogen-bond donors (Lipinski definition) is 0. The normalized spacial score (nSPS) is 17.0. The molecule has 1 aromatic carbocycles. The van der Waals surface area contributed by atoms with E-state index in [0.717, 1.165) is 37.4 Å². The molecule has 26 heavy (non-hydrogen) atoms. The number of carbonyl (C=O) groups is 1. The summed E-state index contributed by atoms with van der Waals surface area (Å²) >= 11 is 0. The topological polar surface area (TPSA) is 50.6 Å². The number of aryl methyl sites for hydroxylation is 1. The van der Waals surface area contributed by atoms with E-state index < -0.39 is 0 Å². The van der Waals surface area contributed by atoms with E-state index >= 15 is 0 Å². The van der Waals surface area contributed by atoms with Crippen LogP contribution in [0.5, 0.6) is 0 Å². The van der Waals surface area contributed by atoms with Gasteiger partial charge in [0.05, 0.1) is 6.10 Å². The van der Waals surface area contributed by atoms with Crippen molar-refractivity contribution in [3.8, 4) is 11.4 Å². The first kappa shape index (κ1) is 18.6. The molecule has 0 bridgehead atoms. The Bertz CT molecular complexity index is 735. The molecule has 2 aromatic rings. The molecule has 3 rings (SSSR count). The second-order valence-electron chi connectivity index (χ2n) is 7.13. The first-order valence-corrected chi connectivity index (χ1v) is 9.18. The van der Waals surface area contributed by atoms with Crippen LogP contribution in [-0.2, 0) is 11.8 Å². The van der Waals surface area contributed by atoms with E-state index in [2.05, 4.69) is 9.88 Å². The first-order valence-electron chi connectivity index (χ1n) is 9.18. The van der Waals surface area contributed by atoms with Crippen LogP contribution < -0.4 is 0 Å². The second kappa shape index (κ2) is 8.47. The van der Waals surface area contributed by atoms with E-state index in [4.69, 9.17) is 4.74 Å². The van der Waals surface area contributed by atoms with Gasteiger partial charge in [0.1, 0.15) is 5.82 Å². The Morgan fingerprint density at radius 3 is 2.85 bits per heavy atom. The lowest BCUT2D eigenvalue weighted by molar-refractivity contribution is 0.0512. The number of imidazole rings is 1. The molecule has 0 radical (unpaired) electrons. The Balaban J connectivity index is 1.79. The number of rotatable bonds is 7. The fourth-order valence-corrected chi connectivity index (χ4v) is 3.25. The van der Waals surface area contributed by atoms with Gasteiger partial charge in [-0.25, -0.2) is 4.98 Å². The van der Waals surface area contributed by atoms with Crippen molar-refractivity contribution in [2.75, 3.05) is 40.3 Å². The molecule has 1 saturated heterocycles. The number of hydrogen-bond acceptors (Lipinski definition) is 4. The van der Waals surface area contributed by atoms with Gasteiger partial charge >= 0.3 is 0 Å². The molecular formula is C20H28N4O2. The summed E-state index contributed by atoms with van der Waals surface area (Å²) in [6.07, 6.45) is 5.93. The number of ether oxygens (including phenoxy) is 1. The van der Waals surface area contributed by atoms with Crippen molar-refractivity contribution in [3.63, 3.8) is 0 Å². The number of aromatic nitrogens is 2. The minimum Gasteiger partial charge on any atom is -0.376 e. The number of benzene rings is 1. The van der Waals surface area contributed by atoms with Crippen molar-refractivity contribution in [2.45, 2.75) is 18.9 Å². The third-order valence-electron chi connectivity index (χ3n) is 4.74. The lowest BCUT2D eigenvalue weighted by Gasteiger charge is -2.27. The maximum absolute atomic E-state index is 13.2. The average molecular weight is 356 g/mol. The standard InChI is InChI=1S/C20H28N4O2/c1-22(2)11-12-24(15-18-8-5-13-26-18)20(25)17-7-4-6-16(14-17)19-21-9-10-23(19)3/h4,6-7,9-10,14,18H,5,8,11-13,15H2,1-3H3. The van der Waals surface area contributed by atoms with Gasteiger partial charge in [0, 0.05) is 56.8 Å². The fraction of sp³-hybridized carbons (Fsp3) is 0.500. The van der Waals surface area contributed by atoms with Crippen molar-refractivity contribution in [1.29, 1.82) is 0 Å². The molecule has 6 nitrogen and oxygen atoms in total. The van der Waals surface area contributed by atoms with Crippen LogP contribution >= 0.6 is 0 Å². The third-order valence-corrected chi connectivity index (χ3v) is 4.74. The molecule has 2 heterocycles. The van der Waals surface area contributed by atoms with Crippen LogP contribution in [0, 0.1) is 0 Å². The van der Waals surface area contributed by atoms with Crippen LogP contribution in [0.3, 0.4) is 0 Å². The van der Waals surface area contributed by atoms with E-state index in [9.17, 15) is 4.79 Å². The second-order valence-corrected chi connectivity index (χ2v) is 7.13. The van der Waals surface area contributed by atoms with Gasteiger partial charge in [0.25, 0.3) is 5.91 Å². The number of likely N-dealkylation sites (N-methyl/N-ethyl adjacent to an activating group) is 1. The summed E-state index contributed by atoms with van der Waals surface area (Å²) in [5, 5.41) is 0. The van der Waals surface area contributed by atoms with Crippen LogP contribution in [0.1, 0.15) is 23.2 Å². The molecule has 140 valence electrons. The van der Waals surface area contributed by atoms with Crippen molar-refractivity contribution in [1.82, 2.24) is 19.4 Å². The van der Waals surface area contributed by atoms with E-state index in [1.807, 2.05) is 61.1 Å². The Kier molecular flexibility index (Phi) is 6.06.